The number of alkyl halides is 3. The van der Waals surface area contributed by atoms with Crippen molar-refractivity contribution in [2.75, 3.05) is 0 Å². The molecule has 0 fully saturated rings. The molecule has 21 heavy (non-hydrogen) atoms. The van der Waals surface area contributed by atoms with E-state index < -0.39 is 17.3 Å². The van der Waals surface area contributed by atoms with Crippen molar-refractivity contribution in [2.45, 2.75) is 32.2 Å². The van der Waals surface area contributed by atoms with Gasteiger partial charge in [0.15, 0.2) is 5.01 Å². The minimum atomic E-state index is -4.49. The number of hydrogen-bond donors (Lipinski definition) is 1. The molecule has 2 rings (SSSR count). The Morgan fingerprint density at radius 3 is 2.29 bits per heavy atom. The average molecular weight is 317 g/mol. The van der Waals surface area contributed by atoms with E-state index in [1.807, 2.05) is 13.8 Å². The lowest BCUT2D eigenvalue weighted by Crippen LogP contribution is -2.05. The van der Waals surface area contributed by atoms with Crippen LogP contribution in [0.3, 0.4) is 0 Å². The summed E-state index contributed by atoms with van der Waals surface area (Å²) >= 11 is 0.440. The van der Waals surface area contributed by atoms with E-state index in [0.29, 0.717) is 22.6 Å². The molecule has 0 amide bonds. The highest BCUT2D eigenvalue weighted by Gasteiger charge is 2.35. The van der Waals surface area contributed by atoms with Gasteiger partial charge in [-0.3, -0.25) is 0 Å². The molecule has 0 saturated carbocycles. The molecule has 1 N–H and O–H groups in total. The van der Waals surface area contributed by atoms with Gasteiger partial charge in [-0.2, -0.15) is 13.2 Å². The maximum absolute atomic E-state index is 12.5. The third kappa shape index (κ3) is 3.95. The monoisotopic (exact) mass is 317 g/mol. The zero-order chi connectivity index (χ0) is 15.6. The molecule has 0 aliphatic rings. The van der Waals surface area contributed by atoms with Crippen LogP contribution in [0.2, 0.25) is 0 Å². The van der Waals surface area contributed by atoms with Crippen molar-refractivity contribution in [1.82, 2.24) is 4.98 Å². The number of aromatic nitrogens is 1. The molecule has 0 bridgehead atoms. The van der Waals surface area contributed by atoms with Crippen LogP contribution in [0.1, 0.15) is 35.4 Å². The number of rotatable bonds is 4. The van der Waals surface area contributed by atoms with Crippen LogP contribution in [-0.4, -0.2) is 16.2 Å². The van der Waals surface area contributed by atoms with Gasteiger partial charge in [0.2, 0.25) is 0 Å². The molecule has 0 aliphatic carbocycles. The van der Waals surface area contributed by atoms with E-state index in [1.165, 1.54) is 0 Å². The Kier molecular flexibility index (Phi) is 4.53. The summed E-state index contributed by atoms with van der Waals surface area (Å²) in [4.78, 5) is 3.45. The van der Waals surface area contributed by atoms with Gasteiger partial charge in [-0.05, 0) is 31.5 Å². The van der Waals surface area contributed by atoms with Crippen molar-refractivity contribution >= 4 is 11.3 Å². The molecule has 7 heteroatoms. The second-order valence-electron chi connectivity index (χ2n) is 4.70. The Bertz CT molecular complexity index is 593. The fraction of sp³-hybridized carbons (Fsp3) is 0.357. The fourth-order valence-electron chi connectivity index (χ4n) is 1.71. The third-order valence-corrected chi connectivity index (χ3v) is 3.70. The lowest BCUT2D eigenvalue weighted by atomic mass is 10.1. The Hall–Kier alpha value is -1.60. The summed E-state index contributed by atoms with van der Waals surface area (Å²) in [5.41, 5.74) is 0.489. The number of halogens is 3. The maximum Gasteiger partial charge on any atom is 0.443 e. The van der Waals surface area contributed by atoms with Crippen molar-refractivity contribution in [2.24, 2.45) is 0 Å². The van der Waals surface area contributed by atoms with Crippen LogP contribution in [0, 0.1) is 0 Å². The molecular weight excluding hydrogens is 303 g/mol. The summed E-state index contributed by atoms with van der Waals surface area (Å²) in [5, 5.41) is 9.14. The molecule has 2 aromatic rings. The minimum absolute atomic E-state index is 0.0246. The standard InChI is InChI=1S/C14H14F3NO2S/c1-8(2)20-10-5-3-9(4-6-10)12(19)11-7-18-13(21-11)14(15,16)17/h3-8,12,19H,1-2H3. The summed E-state index contributed by atoms with van der Waals surface area (Å²) in [7, 11) is 0. The smallest absolute Gasteiger partial charge is 0.443 e. The predicted octanol–water partition coefficient (Wildman–Crippen LogP) is 4.03. The zero-order valence-corrected chi connectivity index (χ0v) is 12.2. The van der Waals surface area contributed by atoms with E-state index >= 15 is 0 Å². The first-order chi connectivity index (χ1) is 9.77. The Morgan fingerprint density at radius 2 is 1.81 bits per heavy atom. The first-order valence-corrected chi connectivity index (χ1v) is 7.06. The summed E-state index contributed by atoms with van der Waals surface area (Å²) < 4.78 is 42.9. The highest BCUT2D eigenvalue weighted by molar-refractivity contribution is 7.11. The van der Waals surface area contributed by atoms with Crippen LogP contribution in [0.15, 0.2) is 30.5 Å². The van der Waals surface area contributed by atoms with Crippen LogP contribution < -0.4 is 4.74 Å². The molecule has 1 aromatic carbocycles. The van der Waals surface area contributed by atoms with Crippen molar-refractivity contribution in [3.63, 3.8) is 0 Å². The second kappa shape index (κ2) is 6.03. The SMILES string of the molecule is CC(C)Oc1ccc(C(O)c2cnc(C(F)(F)F)s2)cc1. The highest BCUT2D eigenvalue weighted by Crippen LogP contribution is 2.36. The van der Waals surface area contributed by atoms with E-state index in [1.54, 1.807) is 24.3 Å². The molecule has 1 atom stereocenters. The summed E-state index contributed by atoms with van der Waals surface area (Å²) in [6.07, 6.45) is -4.54. The normalized spacial score (nSPS) is 13.5. The molecule has 3 nitrogen and oxygen atoms in total. The van der Waals surface area contributed by atoms with Crippen molar-refractivity contribution in [1.29, 1.82) is 0 Å². The third-order valence-electron chi connectivity index (χ3n) is 2.60. The molecule has 114 valence electrons. The quantitative estimate of drug-likeness (QED) is 0.926. The molecule has 0 spiro atoms. The van der Waals surface area contributed by atoms with Gasteiger partial charge in [-0.25, -0.2) is 4.98 Å². The fourth-order valence-corrected chi connectivity index (χ4v) is 2.51. The summed E-state index contributed by atoms with van der Waals surface area (Å²) in [6, 6.07) is 6.58. The van der Waals surface area contributed by atoms with Crippen LogP contribution in [-0.2, 0) is 6.18 Å². The van der Waals surface area contributed by atoms with E-state index in [4.69, 9.17) is 4.74 Å². The van der Waals surface area contributed by atoms with Crippen LogP contribution in [0.25, 0.3) is 0 Å². The van der Waals surface area contributed by atoms with Gasteiger partial charge in [0.1, 0.15) is 11.9 Å². The van der Waals surface area contributed by atoms with Crippen molar-refractivity contribution in [3.05, 3.63) is 45.9 Å². The van der Waals surface area contributed by atoms with E-state index in [2.05, 4.69) is 4.98 Å². The summed E-state index contributed by atoms with van der Waals surface area (Å²) in [5.74, 6) is 0.640. The van der Waals surface area contributed by atoms with Gasteiger partial charge < -0.3 is 9.84 Å². The number of aliphatic hydroxyl groups excluding tert-OH is 1. The molecule has 1 heterocycles. The van der Waals surface area contributed by atoms with Gasteiger partial charge in [0, 0.05) is 6.20 Å². The topological polar surface area (TPSA) is 42.4 Å². The van der Waals surface area contributed by atoms with E-state index in [9.17, 15) is 18.3 Å². The van der Waals surface area contributed by atoms with Gasteiger partial charge in [0.05, 0.1) is 11.0 Å². The Morgan fingerprint density at radius 1 is 1.19 bits per heavy atom. The van der Waals surface area contributed by atoms with Crippen LogP contribution >= 0.6 is 11.3 Å². The summed E-state index contributed by atoms with van der Waals surface area (Å²) in [6.45, 7) is 3.78. The second-order valence-corrected chi connectivity index (χ2v) is 5.77. The average Bonchev–Trinajstić information content (AvgIpc) is 2.87. The van der Waals surface area contributed by atoms with Crippen LogP contribution in [0.5, 0.6) is 5.75 Å². The van der Waals surface area contributed by atoms with Gasteiger partial charge in [-0.15, -0.1) is 11.3 Å². The van der Waals surface area contributed by atoms with Gasteiger partial charge >= 0.3 is 6.18 Å². The molecule has 1 unspecified atom stereocenters. The van der Waals surface area contributed by atoms with Crippen molar-refractivity contribution < 1.29 is 23.0 Å². The first-order valence-electron chi connectivity index (χ1n) is 6.25. The zero-order valence-electron chi connectivity index (χ0n) is 11.4. The number of aliphatic hydroxyl groups is 1. The molecule has 0 radical (unpaired) electrons. The largest absolute Gasteiger partial charge is 0.491 e. The lowest BCUT2D eigenvalue weighted by Gasteiger charge is -2.12. The molecular formula is C14H14F3NO2S. The molecule has 0 saturated heterocycles. The predicted molar refractivity (Wildman–Crippen MR) is 73.4 cm³/mol. The first kappa shape index (κ1) is 15.8. The number of hydrogen-bond acceptors (Lipinski definition) is 4. The highest BCUT2D eigenvalue weighted by atomic mass is 32.1. The molecule has 1 aromatic heterocycles. The maximum atomic E-state index is 12.5. The van der Waals surface area contributed by atoms with Gasteiger partial charge in [-0.1, -0.05) is 12.1 Å². The van der Waals surface area contributed by atoms with Crippen LogP contribution in [0.4, 0.5) is 13.2 Å². The molecule has 0 aliphatic heterocycles. The van der Waals surface area contributed by atoms with E-state index in [-0.39, 0.29) is 11.0 Å². The van der Waals surface area contributed by atoms with Crippen molar-refractivity contribution in [3.8, 4) is 5.75 Å². The minimum Gasteiger partial charge on any atom is -0.491 e. The van der Waals surface area contributed by atoms with Gasteiger partial charge in [0.25, 0.3) is 0 Å². The Balaban J connectivity index is 2.16. The number of nitrogens with zero attached hydrogens (tertiary/aromatic N) is 1. The van der Waals surface area contributed by atoms with E-state index in [0.717, 1.165) is 6.20 Å². The lowest BCUT2D eigenvalue weighted by molar-refractivity contribution is -0.137. The number of benzene rings is 1. The number of thiazole rings is 1. The Labute approximate surface area is 124 Å². The number of ether oxygens (including phenoxy) is 1.